The molecule has 0 radical (unpaired) electrons. The number of aliphatic carboxylic acids is 1. The number of hydrogen-bond acceptors (Lipinski definition) is 4. The van der Waals surface area contributed by atoms with E-state index in [1.807, 2.05) is 48.5 Å². The summed E-state index contributed by atoms with van der Waals surface area (Å²) in [6.45, 7) is 0. The number of benzene rings is 3. The predicted octanol–water partition coefficient (Wildman–Crippen LogP) is 5.58. The molecule has 5 nitrogen and oxygen atoms in total. The van der Waals surface area contributed by atoms with Crippen molar-refractivity contribution in [1.82, 2.24) is 0 Å². The van der Waals surface area contributed by atoms with Gasteiger partial charge >= 0.3 is 11.6 Å². The first-order valence-corrected chi connectivity index (χ1v) is 10.1. The van der Waals surface area contributed by atoms with Crippen LogP contribution in [0.3, 0.4) is 0 Å². The molecule has 0 aliphatic rings. The smallest absolute Gasteiger partial charge is 0.344 e. The zero-order valence-electron chi connectivity index (χ0n) is 16.5. The molecule has 0 fully saturated rings. The lowest BCUT2D eigenvalue weighted by Gasteiger charge is -2.15. The van der Waals surface area contributed by atoms with Crippen LogP contribution in [-0.4, -0.2) is 17.2 Å². The largest absolute Gasteiger partial charge is 0.479 e. The van der Waals surface area contributed by atoms with Gasteiger partial charge in [0.05, 0.1) is 0 Å². The fourth-order valence-corrected chi connectivity index (χ4v) is 3.44. The fourth-order valence-electron chi connectivity index (χ4n) is 3.32. The van der Waals surface area contributed by atoms with E-state index in [0.29, 0.717) is 29.2 Å². The van der Waals surface area contributed by atoms with Crippen LogP contribution in [0.2, 0.25) is 5.02 Å². The Hall–Kier alpha value is -3.57. The van der Waals surface area contributed by atoms with E-state index >= 15 is 0 Å². The Morgan fingerprint density at radius 2 is 1.58 bits per heavy atom. The monoisotopic (exact) mass is 434 g/mol. The van der Waals surface area contributed by atoms with Crippen LogP contribution in [0.15, 0.2) is 88.1 Å². The van der Waals surface area contributed by atoms with Gasteiger partial charge in [-0.05, 0) is 59.9 Å². The summed E-state index contributed by atoms with van der Waals surface area (Å²) in [6.07, 6.45) is -0.184. The second kappa shape index (κ2) is 9.06. The van der Waals surface area contributed by atoms with Crippen molar-refractivity contribution in [1.29, 1.82) is 0 Å². The highest BCUT2D eigenvalue weighted by atomic mass is 35.5. The lowest BCUT2D eigenvalue weighted by atomic mass is 10.0. The van der Waals surface area contributed by atoms with Gasteiger partial charge in [0.15, 0.2) is 6.10 Å². The maximum Gasteiger partial charge on any atom is 0.344 e. The number of fused-ring (bicyclic) bond motifs is 1. The molecule has 1 heterocycles. The van der Waals surface area contributed by atoms with Crippen LogP contribution in [0.4, 0.5) is 0 Å². The first-order valence-electron chi connectivity index (χ1n) is 9.76. The second-order valence-corrected chi connectivity index (χ2v) is 7.58. The second-order valence-electron chi connectivity index (χ2n) is 7.14. The number of halogens is 1. The minimum absolute atomic E-state index is 0.298. The molecular weight excluding hydrogens is 416 g/mol. The minimum atomic E-state index is -1.05. The molecule has 3 aromatic carbocycles. The van der Waals surface area contributed by atoms with Crippen LogP contribution < -0.4 is 10.4 Å². The van der Waals surface area contributed by atoms with Crippen LogP contribution in [0.25, 0.3) is 22.1 Å². The molecule has 0 spiro atoms. The third-order valence-corrected chi connectivity index (χ3v) is 5.23. The van der Waals surface area contributed by atoms with Gasteiger partial charge < -0.3 is 14.3 Å². The number of carboxylic acids is 1. The summed E-state index contributed by atoms with van der Waals surface area (Å²) in [4.78, 5) is 23.1. The number of hydrogen-bond donors (Lipinski definition) is 1. The molecule has 1 aromatic heterocycles. The van der Waals surface area contributed by atoms with Crippen molar-refractivity contribution >= 4 is 28.5 Å². The molecule has 1 atom stereocenters. The molecule has 0 aliphatic carbocycles. The number of carboxylic acid groups (broad SMARTS) is 1. The highest BCUT2D eigenvalue weighted by Gasteiger charge is 2.20. The first-order chi connectivity index (χ1) is 15.0. The highest BCUT2D eigenvalue weighted by molar-refractivity contribution is 6.30. The van der Waals surface area contributed by atoms with Gasteiger partial charge in [0.25, 0.3) is 0 Å². The van der Waals surface area contributed by atoms with E-state index in [0.717, 1.165) is 22.1 Å². The van der Waals surface area contributed by atoms with Crippen LogP contribution >= 0.6 is 11.6 Å². The lowest BCUT2D eigenvalue weighted by Crippen LogP contribution is -2.27. The molecule has 0 amide bonds. The van der Waals surface area contributed by atoms with Gasteiger partial charge in [-0.15, -0.1) is 0 Å². The number of aryl methyl sites for hydroxylation is 1. The van der Waals surface area contributed by atoms with Crippen molar-refractivity contribution in [3.8, 4) is 16.9 Å². The quantitative estimate of drug-likeness (QED) is 0.384. The third kappa shape index (κ3) is 5.13. The van der Waals surface area contributed by atoms with Crippen LogP contribution in [0.5, 0.6) is 5.75 Å². The third-order valence-electron chi connectivity index (χ3n) is 4.98. The average molecular weight is 435 g/mol. The number of rotatable bonds is 7. The van der Waals surface area contributed by atoms with Gasteiger partial charge in [-0.3, -0.25) is 0 Å². The van der Waals surface area contributed by atoms with Crippen LogP contribution in [-0.2, 0) is 11.2 Å². The summed E-state index contributed by atoms with van der Waals surface area (Å²) in [5.74, 6) is -0.709. The van der Waals surface area contributed by atoms with E-state index in [4.69, 9.17) is 20.8 Å². The molecule has 0 saturated heterocycles. The molecule has 1 unspecified atom stereocenters. The molecule has 0 bridgehead atoms. The zero-order chi connectivity index (χ0) is 21.8. The Morgan fingerprint density at radius 3 is 2.26 bits per heavy atom. The molecule has 0 aliphatic heterocycles. The Balaban J connectivity index is 1.43. The van der Waals surface area contributed by atoms with E-state index in [-0.39, 0.29) is 0 Å². The van der Waals surface area contributed by atoms with Crippen LogP contribution in [0.1, 0.15) is 12.0 Å². The zero-order valence-corrected chi connectivity index (χ0v) is 17.2. The van der Waals surface area contributed by atoms with Gasteiger partial charge in [-0.1, -0.05) is 48.0 Å². The average Bonchev–Trinajstić information content (AvgIpc) is 2.77. The Morgan fingerprint density at radius 1 is 0.935 bits per heavy atom. The standard InChI is InChI=1S/C25H19ClO5/c26-20-10-6-18(7-11-20)17-4-1-16(2-5-17)3-13-22(25(28)29)30-21-12-8-19-9-14-24(27)31-23(19)15-21/h1-2,4-12,14-15,22H,3,13H2,(H,28,29). The van der Waals surface area contributed by atoms with Gasteiger partial charge in [-0.25, -0.2) is 9.59 Å². The summed E-state index contributed by atoms with van der Waals surface area (Å²) < 4.78 is 10.8. The molecule has 0 saturated carbocycles. The Bertz CT molecular complexity index is 1260. The van der Waals surface area contributed by atoms with Gasteiger partial charge in [0.2, 0.25) is 0 Å². The lowest BCUT2D eigenvalue weighted by molar-refractivity contribution is -0.145. The van der Waals surface area contributed by atoms with Crippen molar-refractivity contribution in [3.63, 3.8) is 0 Å². The van der Waals surface area contributed by atoms with Gasteiger partial charge in [0, 0.05) is 22.5 Å². The Labute approximate surface area is 183 Å². The molecule has 156 valence electrons. The van der Waals surface area contributed by atoms with Crippen molar-refractivity contribution in [2.24, 2.45) is 0 Å². The molecule has 4 aromatic rings. The summed E-state index contributed by atoms with van der Waals surface area (Å²) in [6, 6.07) is 23.5. The topological polar surface area (TPSA) is 76.7 Å². The summed E-state index contributed by atoms with van der Waals surface area (Å²) in [7, 11) is 0. The van der Waals surface area contributed by atoms with E-state index in [1.165, 1.54) is 12.1 Å². The van der Waals surface area contributed by atoms with Crippen molar-refractivity contribution in [2.45, 2.75) is 18.9 Å². The highest BCUT2D eigenvalue weighted by Crippen LogP contribution is 2.24. The maximum atomic E-state index is 11.7. The summed E-state index contributed by atoms with van der Waals surface area (Å²) >= 11 is 5.94. The van der Waals surface area contributed by atoms with Crippen molar-refractivity contribution in [3.05, 3.63) is 99.9 Å². The van der Waals surface area contributed by atoms with Gasteiger partial charge in [0.1, 0.15) is 11.3 Å². The Kier molecular flexibility index (Phi) is 6.05. The number of ether oxygens (including phenoxy) is 1. The SMILES string of the molecule is O=C(O)C(CCc1ccc(-c2ccc(Cl)cc2)cc1)Oc1ccc2ccc(=O)oc2c1. The normalized spacial score (nSPS) is 11.9. The van der Waals surface area contributed by atoms with Gasteiger partial charge in [-0.2, -0.15) is 0 Å². The molecule has 1 N–H and O–H groups in total. The predicted molar refractivity (Wildman–Crippen MR) is 120 cm³/mol. The number of carbonyl (C=O) groups is 1. The van der Waals surface area contributed by atoms with E-state index in [9.17, 15) is 14.7 Å². The van der Waals surface area contributed by atoms with Crippen LogP contribution in [0, 0.1) is 0 Å². The van der Waals surface area contributed by atoms with E-state index in [2.05, 4.69) is 0 Å². The first kappa shape index (κ1) is 20.7. The van der Waals surface area contributed by atoms with Crippen molar-refractivity contribution in [2.75, 3.05) is 0 Å². The summed E-state index contributed by atoms with van der Waals surface area (Å²) in [5.41, 5.74) is 3.01. The molecule has 31 heavy (non-hydrogen) atoms. The fraction of sp³-hybridized carbons (Fsp3) is 0.120. The maximum absolute atomic E-state index is 11.7. The molecular formula is C25H19ClO5. The minimum Gasteiger partial charge on any atom is -0.479 e. The molecule has 6 heteroatoms. The van der Waals surface area contributed by atoms with E-state index in [1.54, 1.807) is 18.2 Å². The molecule has 4 rings (SSSR count). The van der Waals surface area contributed by atoms with E-state index < -0.39 is 17.7 Å². The van der Waals surface area contributed by atoms with Crippen molar-refractivity contribution < 1.29 is 19.1 Å². The summed E-state index contributed by atoms with van der Waals surface area (Å²) in [5, 5.41) is 11.0.